The maximum atomic E-state index is 13.9. The second kappa shape index (κ2) is 6.80. The van der Waals surface area contributed by atoms with Crippen LogP contribution in [0.25, 0.3) is 10.1 Å². The molecule has 1 saturated heterocycles. The normalized spacial score (nSPS) is 19.7. The fraction of sp³-hybridized carbons (Fsp3) is 0.471. The van der Waals surface area contributed by atoms with Crippen molar-refractivity contribution < 1.29 is 17.6 Å². The van der Waals surface area contributed by atoms with E-state index in [0.29, 0.717) is 23.2 Å². The van der Waals surface area contributed by atoms with Gasteiger partial charge < -0.3 is 4.90 Å². The minimum absolute atomic E-state index is 0.0295. The van der Waals surface area contributed by atoms with Crippen LogP contribution in [0.3, 0.4) is 0 Å². The van der Waals surface area contributed by atoms with E-state index in [1.807, 2.05) is 6.92 Å². The highest BCUT2D eigenvalue weighted by atomic mass is 32.2. The third-order valence-electron chi connectivity index (χ3n) is 4.38. The van der Waals surface area contributed by atoms with Gasteiger partial charge in [-0.1, -0.05) is 19.4 Å². The summed E-state index contributed by atoms with van der Waals surface area (Å²) < 4.78 is 38.2. The number of carbonyl (C=O) groups is 1. The SMILES string of the molecule is CCCCN(C(=O)c1cc2c(F)cccc2s1)C1CCS(=O)(=O)C1. The molecular formula is C17H20FNO3S2. The highest BCUT2D eigenvalue weighted by Gasteiger charge is 2.35. The summed E-state index contributed by atoms with van der Waals surface area (Å²) in [5, 5.41) is 0.445. The second-order valence-electron chi connectivity index (χ2n) is 6.17. The standard InChI is InChI=1S/C17H20FNO3S2/c1-2-3-8-19(12-7-9-24(21,22)11-12)17(20)16-10-13-14(18)5-4-6-15(13)23-16/h4-6,10,12H,2-3,7-9,11H2,1H3. The van der Waals surface area contributed by atoms with Crippen molar-refractivity contribution in [1.29, 1.82) is 0 Å². The molecule has 0 N–H and O–H groups in total. The molecule has 1 atom stereocenters. The van der Waals surface area contributed by atoms with E-state index in [2.05, 4.69) is 0 Å². The van der Waals surface area contributed by atoms with Crippen molar-refractivity contribution in [2.24, 2.45) is 0 Å². The summed E-state index contributed by atoms with van der Waals surface area (Å²) in [5.74, 6) is -0.367. The molecule has 1 aliphatic rings. The molecule has 0 bridgehead atoms. The van der Waals surface area contributed by atoms with E-state index in [1.165, 1.54) is 17.4 Å². The molecule has 0 radical (unpaired) electrons. The third kappa shape index (κ3) is 3.47. The Morgan fingerprint density at radius 3 is 2.83 bits per heavy atom. The molecule has 24 heavy (non-hydrogen) atoms. The van der Waals surface area contributed by atoms with Crippen molar-refractivity contribution >= 4 is 37.2 Å². The summed E-state index contributed by atoms with van der Waals surface area (Å²) in [6.45, 7) is 2.56. The maximum Gasteiger partial charge on any atom is 0.264 e. The number of nitrogens with zero attached hydrogens (tertiary/aromatic N) is 1. The molecule has 130 valence electrons. The van der Waals surface area contributed by atoms with Gasteiger partial charge in [0.25, 0.3) is 5.91 Å². The number of rotatable bonds is 5. The van der Waals surface area contributed by atoms with Crippen molar-refractivity contribution in [2.45, 2.75) is 32.2 Å². The van der Waals surface area contributed by atoms with Crippen LogP contribution in [0.2, 0.25) is 0 Å². The molecule has 1 aromatic carbocycles. The molecule has 0 spiro atoms. The first-order chi connectivity index (χ1) is 11.4. The predicted molar refractivity (Wildman–Crippen MR) is 94.8 cm³/mol. The molecule has 1 aromatic heterocycles. The molecule has 0 aliphatic carbocycles. The molecule has 3 rings (SSSR count). The molecule has 1 fully saturated rings. The number of unbranched alkanes of at least 4 members (excludes halogenated alkanes) is 1. The lowest BCUT2D eigenvalue weighted by Crippen LogP contribution is -2.41. The Morgan fingerprint density at radius 1 is 1.42 bits per heavy atom. The van der Waals surface area contributed by atoms with Gasteiger partial charge in [0.15, 0.2) is 9.84 Å². The lowest BCUT2D eigenvalue weighted by molar-refractivity contribution is 0.0699. The van der Waals surface area contributed by atoms with Gasteiger partial charge in [-0.3, -0.25) is 4.79 Å². The van der Waals surface area contributed by atoms with Gasteiger partial charge in [-0.2, -0.15) is 0 Å². The van der Waals surface area contributed by atoms with Crippen LogP contribution in [0.15, 0.2) is 24.3 Å². The Labute approximate surface area is 145 Å². The van der Waals surface area contributed by atoms with E-state index in [9.17, 15) is 17.6 Å². The molecule has 1 amide bonds. The van der Waals surface area contributed by atoms with Crippen LogP contribution < -0.4 is 0 Å². The van der Waals surface area contributed by atoms with Crippen LogP contribution in [-0.2, 0) is 9.84 Å². The van der Waals surface area contributed by atoms with E-state index >= 15 is 0 Å². The number of fused-ring (bicyclic) bond motifs is 1. The van der Waals surface area contributed by atoms with Crippen molar-refractivity contribution in [3.63, 3.8) is 0 Å². The van der Waals surface area contributed by atoms with Crippen molar-refractivity contribution in [1.82, 2.24) is 4.90 Å². The zero-order valence-electron chi connectivity index (χ0n) is 13.5. The van der Waals surface area contributed by atoms with E-state index < -0.39 is 9.84 Å². The maximum absolute atomic E-state index is 13.9. The molecule has 4 nitrogen and oxygen atoms in total. The first kappa shape index (κ1) is 17.4. The number of hydrogen-bond donors (Lipinski definition) is 0. The van der Waals surface area contributed by atoms with Crippen LogP contribution in [0.5, 0.6) is 0 Å². The van der Waals surface area contributed by atoms with Gasteiger partial charge in [0.1, 0.15) is 5.82 Å². The van der Waals surface area contributed by atoms with E-state index in [4.69, 9.17) is 0 Å². The summed E-state index contributed by atoms with van der Waals surface area (Å²) >= 11 is 1.26. The van der Waals surface area contributed by atoms with E-state index in [1.54, 1.807) is 23.1 Å². The Hall–Kier alpha value is -1.47. The van der Waals surface area contributed by atoms with E-state index in [0.717, 1.165) is 17.5 Å². The number of hydrogen-bond acceptors (Lipinski definition) is 4. The molecule has 1 unspecified atom stereocenters. The summed E-state index contributed by atoms with van der Waals surface area (Å²) in [6, 6.07) is 6.10. The highest BCUT2D eigenvalue weighted by molar-refractivity contribution is 7.91. The van der Waals surface area contributed by atoms with Gasteiger partial charge in [-0.05, 0) is 31.0 Å². The predicted octanol–water partition coefficient (Wildman–Crippen LogP) is 3.47. The minimum Gasteiger partial charge on any atom is -0.334 e. The van der Waals surface area contributed by atoms with Gasteiger partial charge in [0, 0.05) is 22.7 Å². The van der Waals surface area contributed by atoms with Crippen molar-refractivity contribution in [3.05, 3.63) is 35.0 Å². The van der Waals surface area contributed by atoms with Gasteiger partial charge in [0.2, 0.25) is 0 Å². The Morgan fingerprint density at radius 2 is 2.21 bits per heavy atom. The van der Waals surface area contributed by atoms with Gasteiger partial charge in [0.05, 0.1) is 16.4 Å². The summed E-state index contributed by atoms with van der Waals surface area (Å²) in [7, 11) is -3.06. The highest BCUT2D eigenvalue weighted by Crippen LogP contribution is 2.30. The average Bonchev–Trinajstić information content (AvgIpc) is 3.12. The lowest BCUT2D eigenvalue weighted by atomic mass is 10.1. The molecule has 0 saturated carbocycles. The molecule has 2 aromatic rings. The summed E-state index contributed by atoms with van der Waals surface area (Å²) in [6.07, 6.45) is 2.23. The summed E-state index contributed by atoms with van der Waals surface area (Å²) in [4.78, 5) is 15.1. The first-order valence-electron chi connectivity index (χ1n) is 8.11. The number of amides is 1. The van der Waals surface area contributed by atoms with Crippen LogP contribution in [0.4, 0.5) is 4.39 Å². The number of halogens is 1. The molecule has 1 aliphatic heterocycles. The number of carbonyl (C=O) groups excluding carboxylic acids is 1. The average molecular weight is 369 g/mol. The van der Waals surface area contributed by atoms with Crippen molar-refractivity contribution in [2.75, 3.05) is 18.1 Å². The van der Waals surface area contributed by atoms with Crippen molar-refractivity contribution in [3.8, 4) is 0 Å². The smallest absolute Gasteiger partial charge is 0.264 e. The zero-order valence-corrected chi connectivity index (χ0v) is 15.1. The van der Waals surface area contributed by atoms with Crippen LogP contribution in [-0.4, -0.2) is 43.3 Å². The Kier molecular flexibility index (Phi) is 4.92. The van der Waals surface area contributed by atoms with Crippen LogP contribution in [0.1, 0.15) is 35.9 Å². The van der Waals surface area contributed by atoms with Gasteiger partial charge >= 0.3 is 0 Å². The fourth-order valence-electron chi connectivity index (χ4n) is 3.07. The molecule has 7 heteroatoms. The number of sulfone groups is 1. The Balaban J connectivity index is 1.91. The summed E-state index contributed by atoms with van der Waals surface area (Å²) in [5.41, 5.74) is 0. The largest absolute Gasteiger partial charge is 0.334 e. The lowest BCUT2D eigenvalue weighted by Gasteiger charge is -2.27. The van der Waals surface area contributed by atoms with Crippen LogP contribution >= 0.6 is 11.3 Å². The van der Waals surface area contributed by atoms with E-state index in [-0.39, 0.29) is 29.3 Å². The number of thiophene rings is 1. The molecule has 2 heterocycles. The molecular weight excluding hydrogens is 349 g/mol. The third-order valence-corrected chi connectivity index (χ3v) is 7.22. The quantitative estimate of drug-likeness (QED) is 0.811. The monoisotopic (exact) mass is 369 g/mol. The Bertz CT molecular complexity index is 860. The number of benzene rings is 1. The second-order valence-corrected chi connectivity index (χ2v) is 9.48. The van der Waals surface area contributed by atoms with Crippen LogP contribution in [0, 0.1) is 5.82 Å². The fourth-order valence-corrected chi connectivity index (χ4v) is 5.83. The van der Waals surface area contributed by atoms with Gasteiger partial charge in [-0.25, -0.2) is 12.8 Å². The van der Waals surface area contributed by atoms with Gasteiger partial charge in [-0.15, -0.1) is 11.3 Å². The zero-order chi connectivity index (χ0) is 17.3. The minimum atomic E-state index is -3.06. The topological polar surface area (TPSA) is 54.5 Å². The first-order valence-corrected chi connectivity index (χ1v) is 10.7.